The van der Waals surface area contributed by atoms with E-state index >= 15 is 0 Å². The van der Waals surface area contributed by atoms with E-state index in [1.165, 1.54) is 11.1 Å². The molecule has 4 heterocycles. The van der Waals surface area contributed by atoms with Crippen LogP contribution in [0.15, 0.2) is 127 Å². The molecule has 0 saturated carbocycles. The number of nitrogens with zero attached hydrogens (tertiary/aromatic N) is 4. The van der Waals surface area contributed by atoms with Crippen molar-refractivity contribution in [3.05, 3.63) is 122 Å². The van der Waals surface area contributed by atoms with Crippen LogP contribution in [-0.4, -0.2) is 28.1 Å². The first-order valence-corrected chi connectivity index (χ1v) is 13.5. The van der Waals surface area contributed by atoms with E-state index in [1.807, 2.05) is 24.5 Å². The fraction of sp³-hybridized carbons (Fsp3) is 0.0571. The first-order valence-electron chi connectivity index (χ1n) is 13.5. The predicted molar refractivity (Wildman–Crippen MR) is 159 cm³/mol. The van der Waals surface area contributed by atoms with E-state index in [1.54, 1.807) is 0 Å². The first kappa shape index (κ1) is 21.6. The second kappa shape index (κ2) is 8.10. The molecule has 9 rings (SSSR count). The molecule has 0 saturated heterocycles. The third kappa shape index (κ3) is 2.94. The summed E-state index contributed by atoms with van der Waals surface area (Å²) >= 11 is 0. The van der Waals surface area contributed by atoms with E-state index < -0.39 is 0 Å². The van der Waals surface area contributed by atoms with Crippen molar-refractivity contribution < 1.29 is 4.74 Å². The molecule has 5 aromatic rings. The molecule has 0 amide bonds. The van der Waals surface area contributed by atoms with Gasteiger partial charge in [0, 0.05) is 29.1 Å². The Hall–Kier alpha value is -5.29. The van der Waals surface area contributed by atoms with E-state index in [0.717, 1.165) is 56.2 Å². The molecule has 2 atom stereocenters. The van der Waals surface area contributed by atoms with Gasteiger partial charge in [-0.3, -0.25) is 14.9 Å². The zero-order valence-corrected chi connectivity index (χ0v) is 21.4. The summed E-state index contributed by atoms with van der Waals surface area (Å²) in [5, 5.41) is 0. The molecule has 2 unspecified atom stereocenters. The number of amidine groups is 1. The van der Waals surface area contributed by atoms with Gasteiger partial charge in [0.25, 0.3) is 6.02 Å². The monoisotopic (exact) mass is 514 g/mol. The van der Waals surface area contributed by atoms with Crippen LogP contribution in [0.4, 0.5) is 5.69 Å². The average Bonchev–Trinajstić information content (AvgIpc) is 3.56. The van der Waals surface area contributed by atoms with Gasteiger partial charge in [-0.05, 0) is 52.1 Å². The highest BCUT2D eigenvalue weighted by atomic mass is 16.5. The van der Waals surface area contributed by atoms with Crippen molar-refractivity contribution in [1.82, 2.24) is 9.97 Å². The number of aliphatic imine (C=N–C) groups is 1. The second-order valence-electron chi connectivity index (χ2n) is 10.4. The zero-order chi connectivity index (χ0) is 26.2. The summed E-state index contributed by atoms with van der Waals surface area (Å²) in [6, 6.07) is 30.9. The maximum atomic E-state index is 6.46. The molecule has 40 heavy (non-hydrogen) atoms. The summed E-state index contributed by atoms with van der Waals surface area (Å²) in [6.07, 6.45) is 12.2. The van der Waals surface area contributed by atoms with E-state index in [0.29, 0.717) is 6.02 Å². The normalized spacial score (nSPS) is 18.6. The molecule has 0 N–H and O–H groups in total. The minimum atomic E-state index is 0.0915. The summed E-state index contributed by atoms with van der Waals surface area (Å²) < 4.78 is 6.46. The van der Waals surface area contributed by atoms with Crippen molar-refractivity contribution in [2.45, 2.75) is 12.1 Å². The molecule has 4 aliphatic rings. The van der Waals surface area contributed by atoms with Gasteiger partial charge in [0.1, 0.15) is 0 Å². The quantitative estimate of drug-likeness (QED) is 0.227. The van der Waals surface area contributed by atoms with E-state index in [4.69, 9.17) is 19.7 Å². The van der Waals surface area contributed by atoms with Crippen molar-refractivity contribution in [2.75, 3.05) is 4.90 Å². The topological polar surface area (TPSA) is 50.6 Å². The minimum Gasteiger partial charge on any atom is -0.423 e. The number of para-hydroxylation sites is 1. The van der Waals surface area contributed by atoms with Crippen LogP contribution in [0.3, 0.4) is 0 Å². The molecule has 3 aromatic carbocycles. The number of aromatic nitrogens is 2. The summed E-state index contributed by atoms with van der Waals surface area (Å²) in [5.41, 5.74) is 11.8. The summed E-state index contributed by atoms with van der Waals surface area (Å²) in [6.45, 7) is 0. The van der Waals surface area contributed by atoms with Crippen molar-refractivity contribution >= 4 is 11.7 Å². The Morgan fingerprint density at radius 2 is 1.27 bits per heavy atom. The van der Waals surface area contributed by atoms with Gasteiger partial charge in [0.15, 0.2) is 5.75 Å². The van der Waals surface area contributed by atoms with Crippen LogP contribution in [0.25, 0.3) is 55.9 Å². The van der Waals surface area contributed by atoms with Crippen LogP contribution in [0.1, 0.15) is 0 Å². The average molecular weight is 515 g/mol. The lowest BCUT2D eigenvalue weighted by Gasteiger charge is -2.23. The van der Waals surface area contributed by atoms with Gasteiger partial charge in [-0.2, -0.15) is 0 Å². The van der Waals surface area contributed by atoms with Crippen LogP contribution < -0.4 is 9.64 Å². The first-order chi connectivity index (χ1) is 19.8. The smallest absolute Gasteiger partial charge is 0.299 e. The largest absolute Gasteiger partial charge is 0.423 e. The van der Waals surface area contributed by atoms with Crippen LogP contribution >= 0.6 is 0 Å². The molecule has 188 valence electrons. The summed E-state index contributed by atoms with van der Waals surface area (Å²) in [5.74, 6) is 0.854. The van der Waals surface area contributed by atoms with Crippen LogP contribution in [0, 0.1) is 0 Å². The molecule has 0 spiro atoms. The fourth-order valence-electron chi connectivity index (χ4n) is 6.48. The number of pyridine rings is 2. The second-order valence-corrected chi connectivity index (χ2v) is 10.4. The van der Waals surface area contributed by atoms with Gasteiger partial charge in [0.2, 0.25) is 0 Å². The number of anilines is 1. The lowest BCUT2D eigenvalue weighted by Crippen LogP contribution is -2.37. The van der Waals surface area contributed by atoms with Gasteiger partial charge < -0.3 is 4.74 Å². The number of hydrogen-bond acceptors (Lipinski definition) is 5. The number of allylic oxidation sites excluding steroid dienone is 2. The molecule has 0 bridgehead atoms. The highest BCUT2D eigenvalue weighted by Crippen LogP contribution is 2.50. The molecular weight excluding hydrogens is 492 g/mol. The highest BCUT2D eigenvalue weighted by molar-refractivity contribution is 6.07. The Bertz CT molecular complexity index is 1960. The van der Waals surface area contributed by atoms with Crippen LogP contribution in [-0.2, 0) is 0 Å². The fourth-order valence-corrected chi connectivity index (χ4v) is 6.48. The minimum absolute atomic E-state index is 0.0915. The van der Waals surface area contributed by atoms with Crippen molar-refractivity contribution in [3.63, 3.8) is 0 Å². The number of hydrogen-bond donors (Lipinski definition) is 0. The van der Waals surface area contributed by atoms with Gasteiger partial charge in [-0.15, -0.1) is 0 Å². The molecule has 2 aliphatic carbocycles. The number of ether oxygens (including phenoxy) is 1. The lowest BCUT2D eigenvalue weighted by molar-refractivity contribution is 0.568. The maximum absolute atomic E-state index is 6.46. The Morgan fingerprint density at radius 1 is 0.600 bits per heavy atom. The van der Waals surface area contributed by atoms with Crippen LogP contribution in [0.2, 0.25) is 0 Å². The number of benzene rings is 3. The van der Waals surface area contributed by atoms with Crippen molar-refractivity contribution in [3.8, 4) is 61.6 Å². The van der Waals surface area contributed by atoms with Gasteiger partial charge in [0.05, 0.1) is 29.2 Å². The molecule has 2 aromatic heterocycles. The van der Waals surface area contributed by atoms with E-state index in [-0.39, 0.29) is 12.1 Å². The van der Waals surface area contributed by atoms with Crippen molar-refractivity contribution in [2.24, 2.45) is 4.99 Å². The Balaban J connectivity index is 1.26. The van der Waals surface area contributed by atoms with Gasteiger partial charge in [-0.1, -0.05) is 85.0 Å². The standard InChI is InChI=1S/C35H22N4O/c1-2-9-24-23(8-1)25-17-16-21(20-28(25)27-12-7-19-37-33(27)32-26(24)11-6-18-36-32)22-10-5-15-31-34(22)40-35-38-29-13-3-4-14-30(29)39(31)35/h1-20,29-30H. The zero-order valence-electron chi connectivity index (χ0n) is 21.4. The van der Waals surface area contributed by atoms with Gasteiger partial charge in [-0.25, -0.2) is 4.99 Å². The van der Waals surface area contributed by atoms with E-state index in [2.05, 4.69) is 102 Å². The molecular formula is C35H22N4O. The molecule has 5 heteroatoms. The predicted octanol–water partition coefficient (Wildman–Crippen LogP) is 7.56. The molecule has 0 fully saturated rings. The number of rotatable bonds is 1. The Morgan fingerprint density at radius 3 is 2.10 bits per heavy atom. The third-order valence-corrected chi connectivity index (χ3v) is 8.26. The summed E-state index contributed by atoms with van der Waals surface area (Å²) in [7, 11) is 0. The SMILES string of the molecule is C1=CC2N=C3Oc4c(-c5ccc6c(c5)-c5cccnc5-c5ncccc5-c5ccccc5-6)cccc4N3C2C=C1. The third-order valence-electron chi connectivity index (χ3n) is 8.26. The van der Waals surface area contributed by atoms with Crippen LogP contribution in [0.5, 0.6) is 5.75 Å². The molecule has 2 aliphatic heterocycles. The molecule has 5 nitrogen and oxygen atoms in total. The highest BCUT2D eigenvalue weighted by Gasteiger charge is 2.43. The van der Waals surface area contributed by atoms with Crippen molar-refractivity contribution in [1.29, 1.82) is 0 Å². The van der Waals surface area contributed by atoms with E-state index in [9.17, 15) is 0 Å². The van der Waals surface area contributed by atoms with Gasteiger partial charge >= 0.3 is 0 Å². The maximum Gasteiger partial charge on any atom is 0.299 e. The summed E-state index contributed by atoms with van der Waals surface area (Å²) in [4.78, 5) is 16.7. The lowest BCUT2D eigenvalue weighted by atomic mass is 9.83. The Labute approximate surface area is 231 Å². The molecule has 0 radical (unpaired) electrons. The number of fused-ring (bicyclic) bond motifs is 13. The Kier molecular flexibility index (Phi) is 4.38.